The van der Waals surface area contributed by atoms with Crippen molar-refractivity contribution in [3.05, 3.63) is 0 Å². The number of likely N-dealkylation sites (tertiary alicyclic amines) is 1. The van der Waals surface area contributed by atoms with Gasteiger partial charge in [0.15, 0.2) is 0 Å². The highest BCUT2D eigenvalue weighted by atomic mass is 19.0. The van der Waals surface area contributed by atoms with Gasteiger partial charge in [0.05, 0.1) is 7.11 Å². The summed E-state index contributed by atoms with van der Waals surface area (Å²) in [6.07, 6.45) is 2.06. The molecule has 0 N–H and O–H groups in total. The molecular weight excluding hydrogens is 173 g/mol. The van der Waals surface area contributed by atoms with Crippen molar-refractivity contribution in [3.8, 4) is 0 Å². The van der Waals surface area contributed by atoms with E-state index in [2.05, 4.69) is 18.7 Å². The minimum atomic E-state index is -0.0822. The monoisotopic (exact) mass is 191 g/mol. The Hall–Kier alpha value is -0.640. The largest absolute Gasteiger partial charge is 0.468 e. The van der Waals surface area contributed by atoms with E-state index in [-0.39, 0.29) is 16.7 Å². The molecule has 1 unspecified atom stereocenters. The summed E-state index contributed by atoms with van der Waals surface area (Å²) in [5.74, 6) is -0.0822. The molecule has 0 aromatic heterocycles. The predicted octanol–water partition coefficient (Wildman–Crippen LogP) is 1.18. The molecule has 13 heavy (non-hydrogen) atoms. The van der Waals surface area contributed by atoms with Gasteiger partial charge >= 0.3 is 5.97 Å². The van der Waals surface area contributed by atoms with Crippen molar-refractivity contribution < 1.29 is 14.2 Å². The van der Waals surface area contributed by atoms with Gasteiger partial charge in [-0.25, -0.2) is 0 Å². The summed E-state index contributed by atoms with van der Waals surface area (Å²) in [4.78, 5) is 13.5. The lowest BCUT2D eigenvalue weighted by molar-refractivity contribution is -0.146. The summed E-state index contributed by atoms with van der Waals surface area (Å²) in [5, 5.41) is 0. The number of rotatable bonds is 2. The molecule has 0 aromatic carbocycles. The van der Waals surface area contributed by atoms with Crippen molar-refractivity contribution in [2.24, 2.45) is 0 Å². The number of carbonyl (C=O) groups is 1. The number of methoxy groups -OCH3 is 1. The molecule has 78 valence electrons. The molecule has 1 rings (SSSR count). The zero-order valence-electron chi connectivity index (χ0n) is 8.45. The van der Waals surface area contributed by atoms with Gasteiger partial charge in [-0.1, -0.05) is 0 Å². The fraction of sp³-hybridized carbons (Fsp3) is 0.889. The van der Waals surface area contributed by atoms with Gasteiger partial charge in [0.1, 0.15) is 6.04 Å². The number of ether oxygens (including phenoxy) is 1. The van der Waals surface area contributed by atoms with Gasteiger partial charge in [0.25, 0.3) is 0 Å². The zero-order chi connectivity index (χ0) is 9.14. The molecule has 0 bridgehead atoms. The molecular formula is C9H18FNO2. The third-order valence-electron chi connectivity index (χ3n) is 2.43. The highest BCUT2D eigenvalue weighted by Crippen LogP contribution is 2.20. The first-order chi connectivity index (χ1) is 5.66. The number of hydrogen-bond donors (Lipinski definition) is 0. The summed E-state index contributed by atoms with van der Waals surface area (Å²) in [6, 6.07) is 0.451. The van der Waals surface area contributed by atoms with E-state index in [1.807, 2.05) is 0 Å². The van der Waals surface area contributed by atoms with Crippen LogP contribution in [0.5, 0.6) is 0 Å². The maximum absolute atomic E-state index is 11.3. The Morgan fingerprint density at radius 3 is 2.62 bits per heavy atom. The SMILES string of the molecule is COC(=O)C1CCCN1C(C)C.F. The number of hydrogen-bond acceptors (Lipinski definition) is 3. The van der Waals surface area contributed by atoms with Crippen LogP contribution in [0.2, 0.25) is 0 Å². The van der Waals surface area contributed by atoms with Gasteiger partial charge in [-0.15, -0.1) is 0 Å². The number of esters is 1. The van der Waals surface area contributed by atoms with Crippen LogP contribution in [0.15, 0.2) is 0 Å². The Morgan fingerprint density at radius 2 is 2.15 bits per heavy atom. The quantitative estimate of drug-likeness (QED) is 0.614. The van der Waals surface area contributed by atoms with Crippen molar-refractivity contribution >= 4 is 5.97 Å². The summed E-state index contributed by atoms with van der Waals surface area (Å²) in [7, 11) is 1.46. The summed E-state index contributed by atoms with van der Waals surface area (Å²) >= 11 is 0. The molecule has 1 heterocycles. The second kappa shape index (κ2) is 5.17. The molecule has 0 saturated carbocycles. The molecule has 0 radical (unpaired) electrons. The Balaban J connectivity index is 0.00000144. The van der Waals surface area contributed by atoms with E-state index in [4.69, 9.17) is 4.74 Å². The van der Waals surface area contributed by atoms with Crippen LogP contribution in [0.3, 0.4) is 0 Å². The number of carbonyl (C=O) groups excluding carboxylic acids is 1. The van der Waals surface area contributed by atoms with Crippen LogP contribution in [0.1, 0.15) is 26.7 Å². The Kier molecular flexibility index (Phi) is 4.91. The summed E-state index contributed by atoms with van der Waals surface area (Å²) < 4.78 is 4.73. The van der Waals surface area contributed by atoms with Crippen LogP contribution in [0.25, 0.3) is 0 Å². The zero-order valence-corrected chi connectivity index (χ0v) is 8.45. The third kappa shape index (κ3) is 2.66. The van der Waals surface area contributed by atoms with E-state index >= 15 is 0 Å². The molecule has 0 amide bonds. The topological polar surface area (TPSA) is 29.5 Å². The Morgan fingerprint density at radius 1 is 1.54 bits per heavy atom. The van der Waals surface area contributed by atoms with E-state index in [1.54, 1.807) is 0 Å². The Labute approximate surface area is 78.4 Å². The minimum absolute atomic E-state index is 0. The van der Waals surface area contributed by atoms with Gasteiger partial charge in [-0.05, 0) is 33.2 Å². The smallest absolute Gasteiger partial charge is 0.323 e. The van der Waals surface area contributed by atoms with E-state index in [1.165, 1.54) is 7.11 Å². The molecule has 1 aliphatic rings. The second-order valence-corrected chi connectivity index (χ2v) is 3.51. The molecule has 4 heteroatoms. The van der Waals surface area contributed by atoms with Crippen LogP contribution in [-0.4, -0.2) is 36.6 Å². The Bertz CT molecular complexity index is 173. The molecule has 0 aliphatic carbocycles. The molecule has 3 nitrogen and oxygen atoms in total. The van der Waals surface area contributed by atoms with Gasteiger partial charge in [0, 0.05) is 6.04 Å². The summed E-state index contributed by atoms with van der Waals surface area (Å²) in [6.45, 7) is 5.25. The van der Waals surface area contributed by atoms with E-state index in [9.17, 15) is 4.79 Å². The van der Waals surface area contributed by atoms with E-state index in [0.29, 0.717) is 6.04 Å². The van der Waals surface area contributed by atoms with Gasteiger partial charge in [-0.2, -0.15) is 0 Å². The number of nitrogens with zero attached hydrogens (tertiary/aromatic N) is 1. The maximum atomic E-state index is 11.3. The fourth-order valence-corrected chi connectivity index (χ4v) is 1.80. The normalized spacial score (nSPS) is 22.9. The first-order valence-electron chi connectivity index (χ1n) is 4.50. The first kappa shape index (κ1) is 12.4. The lowest BCUT2D eigenvalue weighted by Gasteiger charge is -2.25. The lowest BCUT2D eigenvalue weighted by atomic mass is 10.2. The van der Waals surface area contributed by atoms with E-state index in [0.717, 1.165) is 19.4 Å². The summed E-state index contributed by atoms with van der Waals surface area (Å²) in [5.41, 5.74) is 0. The van der Waals surface area contributed by atoms with Crippen LogP contribution in [0, 0.1) is 0 Å². The molecule has 0 spiro atoms. The minimum Gasteiger partial charge on any atom is -0.468 e. The number of halogens is 1. The fourth-order valence-electron chi connectivity index (χ4n) is 1.80. The van der Waals surface area contributed by atoms with Crippen molar-refractivity contribution in [2.75, 3.05) is 13.7 Å². The van der Waals surface area contributed by atoms with Crippen LogP contribution < -0.4 is 0 Å². The van der Waals surface area contributed by atoms with Crippen molar-refractivity contribution in [2.45, 2.75) is 38.8 Å². The van der Waals surface area contributed by atoms with Crippen molar-refractivity contribution in [1.29, 1.82) is 0 Å². The second-order valence-electron chi connectivity index (χ2n) is 3.51. The van der Waals surface area contributed by atoms with Crippen LogP contribution >= 0.6 is 0 Å². The molecule has 1 aliphatic heterocycles. The van der Waals surface area contributed by atoms with Crippen molar-refractivity contribution in [1.82, 2.24) is 4.90 Å². The highest BCUT2D eigenvalue weighted by Gasteiger charge is 2.32. The van der Waals surface area contributed by atoms with Gasteiger partial charge < -0.3 is 4.74 Å². The third-order valence-corrected chi connectivity index (χ3v) is 2.43. The standard InChI is InChI=1S/C9H17NO2.FH/c1-7(2)10-6-4-5-8(10)9(11)12-3;/h7-8H,4-6H2,1-3H3;1H. The van der Waals surface area contributed by atoms with E-state index < -0.39 is 0 Å². The van der Waals surface area contributed by atoms with Crippen LogP contribution in [-0.2, 0) is 9.53 Å². The van der Waals surface area contributed by atoms with Crippen molar-refractivity contribution in [3.63, 3.8) is 0 Å². The molecule has 1 fully saturated rings. The van der Waals surface area contributed by atoms with Gasteiger partial charge in [-0.3, -0.25) is 14.4 Å². The molecule has 0 aromatic rings. The van der Waals surface area contributed by atoms with Crippen LogP contribution in [0.4, 0.5) is 4.70 Å². The molecule has 1 saturated heterocycles. The first-order valence-corrected chi connectivity index (χ1v) is 4.50. The lowest BCUT2D eigenvalue weighted by Crippen LogP contribution is -2.41. The average Bonchev–Trinajstić information content (AvgIpc) is 2.50. The van der Waals surface area contributed by atoms with Gasteiger partial charge in [0.2, 0.25) is 0 Å². The molecule has 1 atom stereocenters. The highest BCUT2D eigenvalue weighted by molar-refractivity contribution is 5.76. The maximum Gasteiger partial charge on any atom is 0.323 e. The predicted molar refractivity (Wildman–Crippen MR) is 49.4 cm³/mol. The average molecular weight is 191 g/mol.